The molecule has 1 atom stereocenters. The van der Waals surface area contributed by atoms with E-state index >= 15 is 0 Å². The maximum Gasteiger partial charge on any atom is 0.121 e. The third-order valence-corrected chi connectivity index (χ3v) is 2.23. The van der Waals surface area contributed by atoms with Gasteiger partial charge in [0.05, 0.1) is 0 Å². The van der Waals surface area contributed by atoms with E-state index in [4.69, 9.17) is 17.3 Å². The second-order valence-corrected chi connectivity index (χ2v) is 3.53. The Labute approximate surface area is 83.3 Å². The van der Waals surface area contributed by atoms with Crippen LogP contribution in [-0.2, 0) is 0 Å². The minimum absolute atomic E-state index is 0.0951. The van der Waals surface area contributed by atoms with Crippen LogP contribution >= 0.6 is 11.6 Å². The first-order chi connectivity index (χ1) is 6.15. The van der Waals surface area contributed by atoms with Crippen molar-refractivity contribution < 1.29 is 5.11 Å². The smallest absolute Gasteiger partial charge is 0.121 e. The highest BCUT2D eigenvalue weighted by Gasteiger charge is 2.09. The predicted molar refractivity (Wildman–Crippen MR) is 55.0 cm³/mol. The Morgan fingerprint density at radius 1 is 1.54 bits per heavy atom. The fraction of sp³-hybridized carbons (Fsp3) is 0.400. The zero-order chi connectivity index (χ0) is 9.84. The molecule has 1 aromatic rings. The predicted octanol–water partition coefficient (Wildman–Crippen LogP) is 2.85. The van der Waals surface area contributed by atoms with Crippen LogP contribution in [0.3, 0.4) is 0 Å². The molecule has 0 heterocycles. The molecule has 0 unspecified atom stereocenters. The van der Waals surface area contributed by atoms with Gasteiger partial charge in [-0.15, -0.1) is 0 Å². The quantitative estimate of drug-likeness (QED) is 0.787. The van der Waals surface area contributed by atoms with Crippen molar-refractivity contribution in [3.05, 3.63) is 28.8 Å². The number of halogens is 1. The van der Waals surface area contributed by atoms with Crippen LogP contribution in [-0.4, -0.2) is 5.11 Å². The molecule has 0 saturated carbocycles. The molecule has 72 valence electrons. The van der Waals surface area contributed by atoms with Gasteiger partial charge in [0.15, 0.2) is 0 Å². The average Bonchev–Trinajstić information content (AvgIpc) is 2.04. The lowest BCUT2D eigenvalue weighted by Gasteiger charge is -2.12. The molecule has 0 radical (unpaired) electrons. The lowest BCUT2D eigenvalue weighted by Crippen LogP contribution is -2.09. The lowest BCUT2D eigenvalue weighted by atomic mass is 10.0. The topological polar surface area (TPSA) is 46.2 Å². The zero-order valence-electron chi connectivity index (χ0n) is 7.63. The molecule has 3 N–H and O–H groups in total. The largest absolute Gasteiger partial charge is 0.508 e. The van der Waals surface area contributed by atoms with Crippen LogP contribution in [0.2, 0.25) is 5.02 Å². The fourth-order valence-electron chi connectivity index (χ4n) is 1.30. The Morgan fingerprint density at radius 3 is 2.77 bits per heavy atom. The Bertz CT molecular complexity index is 288. The summed E-state index contributed by atoms with van der Waals surface area (Å²) < 4.78 is 0. The number of benzene rings is 1. The Kier molecular flexibility index (Phi) is 3.58. The summed E-state index contributed by atoms with van der Waals surface area (Å²) in [4.78, 5) is 0. The number of hydrogen-bond donors (Lipinski definition) is 2. The molecule has 2 nitrogen and oxygen atoms in total. The van der Waals surface area contributed by atoms with Crippen molar-refractivity contribution in [1.82, 2.24) is 0 Å². The van der Waals surface area contributed by atoms with E-state index in [0.29, 0.717) is 5.02 Å². The minimum Gasteiger partial charge on any atom is -0.508 e. The first kappa shape index (κ1) is 10.4. The summed E-state index contributed by atoms with van der Waals surface area (Å²) in [5.74, 6) is 0.188. The molecular weight excluding hydrogens is 186 g/mol. The molecule has 0 aliphatic carbocycles. The highest BCUT2D eigenvalue weighted by atomic mass is 35.5. The van der Waals surface area contributed by atoms with Gasteiger partial charge in [-0.05, 0) is 18.6 Å². The molecule has 0 spiro atoms. The minimum atomic E-state index is -0.0951. The molecule has 0 bridgehead atoms. The van der Waals surface area contributed by atoms with Gasteiger partial charge in [0, 0.05) is 16.6 Å². The van der Waals surface area contributed by atoms with Gasteiger partial charge in [0.25, 0.3) is 0 Å². The number of phenolic OH excluding ortho intramolecular Hbond substituents is 1. The summed E-state index contributed by atoms with van der Waals surface area (Å²) in [6.45, 7) is 2.06. The van der Waals surface area contributed by atoms with E-state index in [1.165, 1.54) is 6.07 Å². The van der Waals surface area contributed by atoms with E-state index in [2.05, 4.69) is 6.92 Å². The van der Waals surface area contributed by atoms with Crippen LogP contribution in [0, 0.1) is 0 Å². The zero-order valence-corrected chi connectivity index (χ0v) is 8.38. The molecule has 0 fully saturated rings. The van der Waals surface area contributed by atoms with Crippen molar-refractivity contribution in [2.24, 2.45) is 5.73 Å². The lowest BCUT2D eigenvalue weighted by molar-refractivity contribution is 0.458. The maximum atomic E-state index is 9.52. The summed E-state index contributed by atoms with van der Waals surface area (Å²) in [6.07, 6.45) is 1.87. The van der Waals surface area contributed by atoms with Crippen molar-refractivity contribution in [2.75, 3.05) is 0 Å². The summed E-state index contributed by atoms with van der Waals surface area (Å²) in [5.41, 5.74) is 6.62. The van der Waals surface area contributed by atoms with Gasteiger partial charge in [-0.2, -0.15) is 0 Å². The van der Waals surface area contributed by atoms with E-state index in [-0.39, 0.29) is 11.8 Å². The second kappa shape index (κ2) is 4.49. The molecular formula is C10H14ClNO. The molecule has 0 amide bonds. The van der Waals surface area contributed by atoms with Crippen molar-refractivity contribution >= 4 is 11.6 Å². The summed E-state index contributed by atoms with van der Waals surface area (Å²) >= 11 is 5.70. The summed E-state index contributed by atoms with van der Waals surface area (Å²) in [6, 6.07) is 4.94. The van der Waals surface area contributed by atoms with Gasteiger partial charge in [-0.3, -0.25) is 0 Å². The molecule has 0 aromatic heterocycles. The first-order valence-corrected chi connectivity index (χ1v) is 4.77. The van der Waals surface area contributed by atoms with Crippen LogP contribution in [0.25, 0.3) is 0 Å². The number of rotatable bonds is 3. The molecule has 0 aliphatic heterocycles. The molecule has 0 saturated heterocycles. The van der Waals surface area contributed by atoms with Crippen LogP contribution in [0.4, 0.5) is 0 Å². The normalized spacial score (nSPS) is 12.8. The van der Waals surface area contributed by atoms with Gasteiger partial charge in [-0.25, -0.2) is 0 Å². The molecule has 1 rings (SSSR count). The fourth-order valence-corrected chi connectivity index (χ4v) is 1.46. The van der Waals surface area contributed by atoms with Crippen molar-refractivity contribution in [3.8, 4) is 5.75 Å². The van der Waals surface area contributed by atoms with Crippen LogP contribution in [0.5, 0.6) is 5.75 Å². The second-order valence-electron chi connectivity index (χ2n) is 3.10. The van der Waals surface area contributed by atoms with E-state index in [0.717, 1.165) is 18.4 Å². The summed E-state index contributed by atoms with van der Waals surface area (Å²) in [5, 5.41) is 10.1. The highest BCUT2D eigenvalue weighted by molar-refractivity contribution is 6.30. The summed E-state index contributed by atoms with van der Waals surface area (Å²) in [7, 11) is 0. The Morgan fingerprint density at radius 2 is 2.23 bits per heavy atom. The average molecular weight is 200 g/mol. The Hall–Kier alpha value is -0.730. The van der Waals surface area contributed by atoms with Crippen LogP contribution in [0.1, 0.15) is 31.4 Å². The van der Waals surface area contributed by atoms with E-state index in [9.17, 15) is 5.11 Å². The monoisotopic (exact) mass is 199 g/mol. The van der Waals surface area contributed by atoms with E-state index in [1.807, 2.05) is 0 Å². The third kappa shape index (κ3) is 2.61. The highest BCUT2D eigenvalue weighted by Crippen LogP contribution is 2.28. The molecule has 0 aliphatic rings. The van der Waals surface area contributed by atoms with Gasteiger partial charge in [0.2, 0.25) is 0 Å². The molecule has 1 aromatic carbocycles. The number of hydrogen-bond acceptors (Lipinski definition) is 2. The molecule has 3 heteroatoms. The third-order valence-electron chi connectivity index (χ3n) is 1.99. The van der Waals surface area contributed by atoms with Crippen LogP contribution < -0.4 is 5.73 Å². The van der Waals surface area contributed by atoms with Crippen molar-refractivity contribution in [3.63, 3.8) is 0 Å². The Balaban J connectivity index is 2.88. The van der Waals surface area contributed by atoms with E-state index in [1.54, 1.807) is 12.1 Å². The maximum absolute atomic E-state index is 9.52. The standard InChI is InChI=1S/C10H14ClNO/c1-2-3-9(12)8-5-4-7(11)6-10(8)13/h4-6,9,13H,2-3,12H2,1H3/t9-/m0/s1. The van der Waals surface area contributed by atoms with E-state index < -0.39 is 0 Å². The van der Waals surface area contributed by atoms with Gasteiger partial charge in [-0.1, -0.05) is 31.0 Å². The van der Waals surface area contributed by atoms with Gasteiger partial charge >= 0.3 is 0 Å². The number of phenols is 1. The SMILES string of the molecule is CCC[C@H](N)c1ccc(Cl)cc1O. The van der Waals surface area contributed by atoms with Crippen molar-refractivity contribution in [1.29, 1.82) is 0 Å². The van der Waals surface area contributed by atoms with Crippen molar-refractivity contribution in [2.45, 2.75) is 25.8 Å². The molecule has 13 heavy (non-hydrogen) atoms. The number of aromatic hydroxyl groups is 1. The van der Waals surface area contributed by atoms with Gasteiger partial charge < -0.3 is 10.8 Å². The first-order valence-electron chi connectivity index (χ1n) is 4.39. The van der Waals surface area contributed by atoms with Gasteiger partial charge in [0.1, 0.15) is 5.75 Å². The number of nitrogens with two attached hydrogens (primary N) is 1. The van der Waals surface area contributed by atoms with Crippen LogP contribution in [0.15, 0.2) is 18.2 Å².